The first-order valence-electron chi connectivity index (χ1n) is 6.97. The van der Waals surface area contributed by atoms with Crippen molar-refractivity contribution in [1.82, 2.24) is 4.90 Å². The van der Waals surface area contributed by atoms with Gasteiger partial charge in [-0.15, -0.1) is 0 Å². The molecule has 2 aromatic carbocycles. The molecule has 0 unspecified atom stereocenters. The third kappa shape index (κ3) is 4.19. The maximum Gasteiger partial charge on any atom is 0.254 e. The summed E-state index contributed by atoms with van der Waals surface area (Å²) in [6, 6.07) is 19.5. The molecule has 3 nitrogen and oxygen atoms in total. The summed E-state index contributed by atoms with van der Waals surface area (Å²) in [5, 5.41) is 8.79. The highest BCUT2D eigenvalue weighted by molar-refractivity contribution is 5.94. The van der Waals surface area contributed by atoms with Gasteiger partial charge in [0.05, 0.1) is 12.5 Å². The van der Waals surface area contributed by atoms with E-state index in [-0.39, 0.29) is 5.91 Å². The Bertz CT molecular complexity index is 644. The Kier molecular flexibility index (Phi) is 5.11. The number of amides is 1. The predicted molar refractivity (Wildman–Crippen MR) is 82.6 cm³/mol. The molecule has 0 radical (unpaired) electrons. The van der Waals surface area contributed by atoms with E-state index in [9.17, 15) is 4.79 Å². The Balaban J connectivity index is 2.19. The summed E-state index contributed by atoms with van der Waals surface area (Å²) in [5.74, 6) is -0.0298. The molecule has 1 amide bonds. The highest BCUT2D eigenvalue weighted by Gasteiger charge is 2.15. The van der Waals surface area contributed by atoms with Crippen LogP contribution in [0.15, 0.2) is 54.6 Å². The van der Waals surface area contributed by atoms with E-state index >= 15 is 0 Å². The lowest BCUT2D eigenvalue weighted by molar-refractivity contribution is 0.0747. The summed E-state index contributed by atoms with van der Waals surface area (Å²) in [6.07, 6.45) is 0.338. The molecule has 0 heterocycles. The monoisotopic (exact) mass is 278 g/mol. The van der Waals surface area contributed by atoms with E-state index < -0.39 is 0 Å². The normalized spacial score (nSPS) is 9.90. The van der Waals surface area contributed by atoms with Crippen LogP contribution < -0.4 is 0 Å². The predicted octanol–water partition coefficient (Wildman–Crippen LogP) is 3.55. The van der Waals surface area contributed by atoms with Gasteiger partial charge in [0.1, 0.15) is 0 Å². The molecule has 0 aliphatic carbocycles. The maximum atomic E-state index is 12.6. The molecule has 0 N–H and O–H groups in total. The summed E-state index contributed by atoms with van der Waals surface area (Å²) < 4.78 is 0. The number of nitrogens with zero attached hydrogens (tertiary/aromatic N) is 2. The van der Waals surface area contributed by atoms with E-state index in [0.717, 1.165) is 11.1 Å². The second-order valence-electron chi connectivity index (χ2n) is 4.99. The molecule has 2 rings (SSSR count). The Hall–Kier alpha value is -2.60. The van der Waals surface area contributed by atoms with Gasteiger partial charge in [0.2, 0.25) is 0 Å². The second kappa shape index (κ2) is 7.25. The van der Waals surface area contributed by atoms with Crippen molar-refractivity contribution in [2.45, 2.75) is 19.9 Å². The highest BCUT2D eigenvalue weighted by Crippen LogP contribution is 2.12. The third-order valence-corrected chi connectivity index (χ3v) is 3.26. The van der Waals surface area contributed by atoms with Gasteiger partial charge in [0.25, 0.3) is 5.91 Å². The lowest BCUT2D eigenvalue weighted by Gasteiger charge is -2.22. The summed E-state index contributed by atoms with van der Waals surface area (Å²) in [4.78, 5) is 14.4. The topological polar surface area (TPSA) is 44.1 Å². The molecule has 0 saturated heterocycles. The van der Waals surface area contributed by atoms with Gasteiger partial charge in [-0.3, -0.25) is 4.79 Å². The summed E-state index contributed by atoms with van der Waals surface area (Å²) in [6.45, 7) is 2.93. The molecule has 106 valence electrons. The van der Waals surface area contributed by atoms with Gasteiger partial charge >= 0.3 is 0 Å². The molecule has 0 aliphatic heterocycles. The average Bonchev–Trinajstić information content (AvgIpc) is 2.51. The van der Waals surface area contributed by atoms with E-state index in [1.54, 1.807) is 4.90 Å². The molecular formula is C18H18N2O. The van der Waals surface area contributed by atoms with E-state index in [1.807, 2.05) is 61.5 Å². The van der Waals surface area contributed by atoms with Crippen molar-refractivity contribution in [3.05, 3.63) is 71.3 Å². The van der Waals surface area contributed by atoms with Crippen LogP contribution in [0.4, 0.5) is 0 Å². The Morgan fingerprint density at radius 2 is 1.90 bits per heavy atom. The minimum absolute atomic E-state index is 0.0298. The molecule has 0 bridgehead atoms. The van der Waals surface area contributed by atoms with E-state index in [4.69, 9.17) is 5.26 Å². The van der Waals surface area contributed by atoms with Gasteiger partial charge in [0.15, 0.2) is 0 Å². The number of aryl methyl sites for hydroxylation is 1. The standard InChI is InChI=1S/C18H18N2O/c1-15-7-5-10-17(13-15)18(21)20(12-6-11-19)14-16-8-3-2-4-9-16/h2-5,7-10,13H,6,12,14H2,1H3. The average molecular weight is 278 g/mol. The fourth-order valence-corrected chi connectivity index (χ4v) is 2.20. The molecule has 2 aromatic rings. The maximum absolute atomic E-state index is 12.6. The molecule has 0 saturated carbocycles. The van der Waals surface area contributed by atoms with Crippen LogP contribution in [-0.2, 0) is 6.54 Å². The lowest BCUT2D eigenvalue weighted by Crippen LogP contribution is -2.31. The minimum Gasteiger partial charge on any atom is -0.333 e. The summed E-state index contributed by atoms with van der Waals surface area (Å²) in [7, 11) is 0. The Labute approximate surface area is 125 Å². The molecule has 0 aromatic heterocycles. The number of rotatable bonds is 5. The van der Waals surface area contributed by atoms with Crippen molar-refractivity contribution >= 4 is 5.91 Å². The molecule has 0 fully saturated rings. The zero-order valence-corrected chi connectivity index (χ0v) is 12.1. The smallest absolute Gasteiger partial charge is 0.254 e. The molecule has 0 spiro atoms. The molecule has 0 atom stereocenters. The van der Waals surface area contributed by atoms with Crippen molar-refractivity contribution in [1.29, 1.82) is 5.26 Å². The zero-order chi connectivity index (χ0) is 15.1. The van der Waals surface area contributed by atoms with Gasteiger partial charge in [-0.05, 0) is 24.6 Å². The van der Waals surface area contributed by atoms with Crippen molar-refractivity contribution < 1.29 is 4.79 Å². The summed E-state index contributed by atoms with van der Waals surface area (Å²) >= 11 is 0. The van der Waals surface area contributed by atoms with Crippen LogP contribution in [0.5, 0.6) is 0 Å². The third-order valence-electron chi connectivity index (χ3n) is 3.26. The lowest BCUT2D eigenvalue weighted by atomic mass is 10.1. The summed E-state index contributed by atoms with van der Waals surface area (Å²) in [5.41, 5.74) is 2.79. The largest absolute Gasteiger partial charge is 0.333 e. The number of nitriles is 1. The zero-order valence-electron chi connectivity index (χ0n) is 12.1. The van der Waals surface area contributed by atoms with Gasteiger partial charge in [0, 0.05) is 18.7 Å². The van der Waals surface area contributed by atoms with E-state index in [0.29, 0.717) is 25.1 Å². The van der Waals surface area contributed by atoms with Crippen LogP contribution in [0.3, 0.4) is 0 Å². The number of hydrogen-bond acceptors (Lipinski definition) is 2. The van der Waals surface area contributed by atoms with E-state index in [1.165, 1.54) is 0 Å². The molecular weight excluding hydrogens is 260 g/mol. The SMILES string of the molecule is Cc1cccc(C(=O)N(CCC#N)Cc2ccccc2)c1. The van der Waals surface area contributed by atoms with Crippen LogP contribution in [0, 0.1) is 18.3 Å². The first-order valence-corrected chi connectivity index (χ1v) is 6.97. The molecule has 3 heteroatoms. The number of carbonyl (C=O) groups excluding carboxylic acids is 1. The van der Waals surface area contributed by atoms with Crippen LogP contribution in [-0.4, -0.2) is 17.4 Å². The highest BCUT2D eigenvalue weighted by atomic mass is 16.2. The van der Waals surface area contributed by atoms with Crippen molar-refractivity contribution in [3.63, 3.8) is 0 Å². The minimum atomic E-state index is -0.0298. The number of hydrogen-bond donors (Lipinski definition) is 0. The van der Waals surface area contributed by atoms with Crippen molar-refractivity contribution in [2.75, 3.05) is 6.54 Å². The Morgan fingerprint density at radius 3 is 2.57 bits per heavy atom. The first kappa shape index (κ1) is 14.8. The van der Waals surface area contributed by atoms with Crippen molar-refractivity contribution in [3.8, 4) is 6.07 Å². The fourth-order valence-electron chi connectivity index (χ4n) is 2.20. The van der Waals surface area contributed by atoms with Crippen LogP contribution >= 0.6 is 0 Å². The number of benzene rings is 2. The van der Waals surface area contributed by atoms with Crippen LogP contribution in [0.2, 0.25) is 0 Å². The van der Waals surface area contributed by atoms with Gasteiger partial charge in [-0.1, -0.05) is 48.0 Å². The fraction of sp³-hybridized carbons (Fsp3) is 0.222. The molecule has 21 heavy (non-hydrogen) atoms. The Morgan fingerprint density at radius 1 is 1.14 bits per heavy atom. The van der Waals surface area contributed by atoms with Crippen LogP contribution in [0.1, 0.15) is 27.9 Å². The van der Waals surface area contributed by atoms with E-state index in [2.05, 4.69) is 6.07 Å². The van der Waals surface area contributed by atoms with Crippen LogP contribution in [0.25, 0.3) is 0 Å². The van der Waals surface area contributed by atoms with Gasteiger partial charge in [-0.25, -0.2) is 0 Å². The number of carbonyl (C=O) groups is 1. The second-order valence-corrected chi connectivity index (χ2v) is 4.99. The first-order chi connectivity index (χ1) is 10.2. The molecule has 0 aliphatic rings. The van der Waals surface area contributed by atoms with Gasteiger partial charge < -0.3 is 4.90 Å². The van der Waals surface area contributed by atoms with Crippen molar-refractivity contribution in [2.24, 2.45) is 0 Å². The van der Waals surface area contributed by atoms with Gasteiger partial charge in [-0.2, -0.15) is 5.26 Å². The quantitative estimate of drug-likeness (QED) is 0.839.